The van der Waals surface area contributed by atoms with E-state index >= 15 is 0 Å². The third kappa shape index (κ3) is 4.53. The number of amides is 1. The Labute approximate surface area is 153 Å². The maximum atomic E-state index is 12.4. The standard InChI is InChI=1S/C20H22ClNO3/c1-14-11-22(12-15(2)25-14)20(23)13-24-19-9-8-17(10-18(19)21)16-6-4-3-5-7-16/h3-10,14-15H,11-13H2,1-2H3/t14-,15+. The Balaban J connectivity index is 1.62. The molecule has 2 aromatic rings. The van der Waals surface area contributed by atoms with Gasteiger partial charge in [0.05, 0.1) is 17.2 Å². The summed E-state index contributed by atoms with van der Waals surface area (Å²) in [7, 11) is 0. The molecule has 132 valence electrons. The van der Waals surface area contributed by atoms with Gasteiger partial charge in [-0.05, 0) is 37.1 Å². The Morgan fingerprint density at radius 3 is 2.44 bits per heavy atom. The summed E-state index contributed by atoms with van der Waals surface area (Å²) in [6.45, 7) is 5.09. The highest BCUT2D eigenvalue weighted by Crippen LogP contribution is 2.30. The molecule has 1 aliphatic heterocycles. The lowest BCUT2D eigenvalue weighted by atomic mass is 10.1. The monoisotopic (exact) mass is 359 g/mol. The largest absolute Gasteiger partial charge is 0.482 e. The van der Waals surface area contributed by atoms with Gasteiger partial charge < -0.3 is 14.4 Å². The third-order valence-electron chi connectivity index (χ3n) is 4.16. The zero-order chi connectivity index (χ0) is 17.8. The number of hydrogen-bond donors (Lipinski definition) is 0. The fraction of sp³-hybridized carbons (Fsp3) is 0.350. The highest BCUT2D eigenvalue weighted by molar-refractivity contribution is 6.32. The Hall–Kier alpha value is -2.04. The van der Waals surface area contributed by atoms with E-state index < -0.39 is 0 Å². The average Bonchev–Trinajstić information content (AvgIpc) is 2.60. The predicted octanol–water partition coefficient (Wildman–Crippen LogP) is 4.02. The van der Waals surface area contributed by atoms with E-state index in [4.69, 9.17) is 21.1 Å². The van der Waals surface area contributed by atoms with E-state index in [0.717, 1.165) is 11.1 Å². The molecule has 3 rings (SSSR count). The first-order chi connectivity index (χ1) is 12.0. The van der Waals surface area contributed by atoms with Gasteiger partial charge in [0.15, 0.2) is 6.61 Å². The highest BCUT2D eigenvalue weighted by atomic mass is 35.5. The first-order valence-corrected chi connectivity index (χ1v) is 8.81. The molecule has 4 nitrogen and oxygen atoms in total. The quantitative estimate of drug-likeness (QED) is 0.827. The van der Waals surface area contributed by atoms with E-state index in [1.54, 1.807) is 4.90 Å². The van der Waals surface area contributed by atoms with Gasteiger partial charge in [0.25, 0.3) is 5.91 Å². The number of halogens is 1. The smallest absolute Gasteiger partial charge is 0.260 e. The van der Waals surface area contributed by atoms with Crippen molar-refractivity contribution in [3.05, 3.63) is 53.6 Å². The van der Waals surface area contributed by atoms with Crippen LogP contribution in [0.15, 0.2) is 48.5 Å². The number of rotatable bonds is 4. The number of nitrogens with zero attached hydrogens (tertiary/aromatic N) is 1. The van der Waals surface area contributed by atoms with Crippen LogP contribution in [0.2, 0.25) is 5.02 Å². The molecule has 0 unspecified atom stereocenters. The van der Waals surface area contributed by atoms with Gasteiger partial charge in [-0.1, -0.05) is 48.0 Å². The normalized spacial score (nSPS) is 20.4. The molecule has 1 fully saturated rings. The SMILES string of the molecule is C[C@@H]1CN(C(=O)COc2ccc(-c3ccccc3)cc2Cl)C[C@H](C)O1. The van der Waals surface area contributed by atoms with Crippen molar-refractivity contribution in [2.45, 2.75) is 26.1 Å². The van der Waals surface area contributed by atoms with Crippen LogP contribution < -0.4 is 4.74 Å². The number of morpholine rings is 1. The number of carbonyl (C=O) groups excluding carboxylic acids is 1. The molecule has 1 amide bonds. The van der Waals surface area contributed by atoms with Crippen LogP contribution in [0.25, 0.3) is 11.1 Å². The molecular formula is C20H22ClNO3. The van der Waals surface area contributed by atoms with Crippen LogP contribution >= 0.6 is 11.6 Å². The van der Waals surface area contributed by atoms with Crippen molar-refractivity contribution >= 4 is 17.5 Å². The third-order valence-corrected chi connectivity index (χ3v) is 4.46. The lowest BCUT2D eigenvalue weighted by Gasteiger charge is -2.35. The van der Waals surface area contributed by atoms with Gasteiger partial charge in [-0.2, -0.15) is 0 Å². The molecule has 0 radical (unpaired) electrons. The van der Waals surface area contributed by atoms with Crippen molar-refractivity contribution in [3.63, 3.8) is 0 Å². The van der Waals surface area contributed by atoms with Crippen LogP contribution in [0.4, 0.5) is 0 Å². The second-order valence-corrected chi connectivity index (χ2v) is 6.76. The molecule has 0 saturated carbocycles. The lowest BCUT2D eigenvalue weighted by molar-refractivity contribution is -0.145. The molecule has 5 heteroatoms. The van der Waals surface area contributed by atoms with Crippen LogP contribution in [-0.4, -0.2) is 42.7 Å². The summed E-state index contributed by atoms with van der Waals surface area (Å²) < 4.78 is 11.3. The average molecular weight is 360 g/mol. The van der Waals surface area contributed by atoms with Gasteiger partial charge in [0, 0.05) is 13.1 Å². The number of hydrogen-bond acceptors (Lipinski definition) is 3. The van der Waals surface area contributed by atoms with Crippen LogP contribution in [0.1, 0.15) is 13.8 Å². The van der Waals surface area contributed by atoms with Gasteiger partial charge in [0.1, 0.15) is 5.75 Å². The number of ether oxygens (including phenoxy) is 2. The van der Waals surface area contributed by atoms with Gasteiger partial charge in [-0.3, -0.25) is 4.79 Å². The Morgan fingerprint density at radius 2 is 1.80 bits per heavy atom. The first kappa shape index (κ1) is 17.8. The van der Waals surface area contributed by atoms with Crippen LogP contribution in [0.3, 0.4) is 0 Å². The van der Waals surface area contributed by atoms with Crippen LogP contribution in [-0.2, 0) is 9.53 Å². The second kappa shape index (κ2) is 7.89. The zero-order valence-corrected chi connectivity index (χ0v) is 15.2. The topological polar surface area (TPSA) is 38.8 Å². The van der Waals surface area contributed by atoms with E-state index in [2.05, 4.69) is 0 Å². The van der Waals surface area contributed by atoms with E-state index in [1.165, 1.54) is 0 Å². The Morgan fingerprint density at radius 1 is 1.12 bits per heavy atom. The first-order valence-electron chi connectivity index (χ1n) is 8.44. The fourth-order valence-electron chi connectivity index (χ4n) is 3.04. The maximum Gasteiger partial charge on any atom is 0.260 e. The highest BCUT2D eigenvalue weighted by Gasteiger charge is 2.26. The Kier molecular flexibility index (Phi) is 5.61. The molecule has 2 aromatic carbocycles. The summed E-state index contributed by atoms with van der Waals surface area (Å²) in [6, 6.07) is 15.6. The summed E-state index contributed by atoms with van der Waals surface area (Å²) in [6.07, 6.45) is 0.0860. The van der Waals surface area contributed by atoms with Crippen molar-refractivity contribution in [2.75, 3.05) is 19.7 Å². The van der Waals surface area contributed by atoms with E-state index in [9.17, 15) is 4.79 Å². The van der Waals surface area contributed by atoms with E-state index in [1.807, 2.05) is 62.4 Å². The molecule has 0 N–H and O–H groups in total. The van der Waals surface area contributed by atoms with Crippen LogP contribution in [0.5, 0.6) is 5.75 Å². The van der Waals surface area contributed by atoms with Gasteiger partial charge >= 0.3 is 0 Å². The minimum absolute atomic E-state index is 0.0240. The summed E-state index contributed by atoms with van der Waals surface area (Å²) in [5.41, 5.74) is 2.10. The van der Waals surface area contributed by atoms with Crippen molar-refractivity contribution in [1.29, 1.82) is 0 Å². The van der Waals surface area contributed by atoms with Gasteiger partial charge in [-0.25, -0.2) is 0 Å². The lowest BCUT2D eigenvalue weighted by Crippen LogP contribution is -2.49. The molecule has 0 aromatic heterocycles. The van der Waals surface area contributed by atoms with Crippen LogP contribution in [0, 0.1) is 0 Å². The summed E-state index contributed by atoms with van der Waals surface area (Å²) in [4.78, 5) is 14.1. The maximum absolute atomic E-state index is 12.4. The summed E-state index contributed by atoms with van der Waals surface area (Å²) in [5.74, 6) is 0.467. The van der Waals surface area contributed by atoms with E-state index in [0.29, 0.717) is 23.9 Å². The molecule has 0 aliphatic carbocycles. The molecule has 0 spiro atoms. The van der Waals surface area contributed by atoms with E-state index in [-0.39, 0.29) is 24.7 Å². The minimum atomic E-state index is -0.0507. The molecule has 1 heterocycles. The minimum Gasteiger partial charge on any atom is -0.482 e. The van der Waals surface area contributed by atoms with Crippen molar-refractivity contribution < 1.29 is 14.3 Å². The van der Waals surface area contributed by atoms with Crippen molar-refractivity contribution in [2.24, 2.45) is 0 Å². The van der Waals surface area contributed by atoms with Crippen molar-refractivity contribution in [1.82, 2.24) is 4.90 Å². The molecule has 1 saturated heterocycles. The molecule has 2 atom stereocenters. The molecule has 1 aliphatic rings. The zero-order valence-electron chi connectivity index (χ0n) is 14.4. The van der Waals surface area contributed by atoms with Gasteiger partial charge in [0.2, 0.25) is 0 Å². The number of benzene rings is 2. The summed E-state index contributed by atoms with van der Waals surface area (Å²) in [5, 5.41) is 0.498. The summed E-state index contributed by atoms with van der Waals surface area (Å²) >= 11 is 6.32. The number of carbonyl (C=O) groups is 1. The molecule has 25 heavy (non-hydrogen) atoms. The fourth-order valence-corrected chi connectivity index (χ4v) is 3.28. The molecule has 0 bridgehead atoms. The molecular weight excluding hydrogens is 338 g/mol. The predicted molar refractivity (Wildman–Crippen MR) is 99.0 cm³/mol. The second-order valence-electron chi connectivity index (χ2n) is 6.36. The Bertz CT molecular complexity index is 725. The van der Waals surface area contributed by atoms with Crippen molar-refractivity contribution in [3.8, 4) is 16.9 Å². The van der Waals surface area contributed by atoms with Gasteiger partial charge in [-0.15, -0.1) is 0 Å².